The molecule has 0 unspecified atom stereocenters. The van der Waals surface area contributed by atoms with Crippen molar-refractivity contribution in [1.29, 1.82) is 5.41 Å². The number of benzene rings is 7. The molecule has 0 aliphatic heterocycles. The minimum Gasteiger partial charge on any atom is -0.384 e. The highest BCUT2D eigenvalue weighted by atomic mass is 15.3. The van der Waals surface area contributed by atoms with Crippen molar-refractivity contribution in [2.75, 3.05) is 0 Å². The molecule has 0 fully saturated rings. The number of nitrogen functional groups attached to an aromatic ring is 1. The Labute approximate surface area is 383 Å². The van der Waals surface area contributed by atoms with Gasteiger partial charge in [0.2, 0.25) is 0 Å². The van der Waals surface area contributed by atoms with Crippen molar-refractivity contribution in [3.63, 3.8) is 0 Å². The lowest BCUT2D eigenvalue weighted by Gasteiger charge is -2.20. The van der Waals surface area contributed by atoms with Crippen molar-refractivity contribution in [2.24, 2.45) is 55.9 Å². The van der Waals surface area contributed by atoms with Crippen LogP contribution in [0.3, 0.4) is 0 Å². The number of hydrazine groups is 1. The topological polar surface area (TPSA) is 255 Å². The van der Waals surface area contributed by atoms with Crippen LogP contribution in [0.15, 0.2) is 203 Å². The smallest absolute Gasteiger partial charge is 0.166 e. The van der Waals surface area contributed by atoms with Crippen LogP contribution in [0.25, 0.3) is 50.1 Å². The maximum Gasteiger partial charge on any atom is 0.166 e. The van der Waals surface area contributed by atoms with Gasteiger partial charge in [0.15, 0.2) is 5.84 Å². The summed E-state index contributed by atoms with van der Waals surface area (Å²) in [4.78, 5) is 0. The summed E-state index contributed by atoms with van der Waals surface area (Å²) in [6, 6.07) is 58.2. The Morgan fingerprint density at radius 2 is 0.712 bits per heavy atom. The van der Waals surface area contributed by atoms with Gasteiger partial charge in [-0.25, -0.2) is 5.84 Å². The minimum absolute atomic E-state index is 0.0343. The van der Waals surface area contributed by atoms with E-state index >= 15 is 0 Å². The molecule has 0 atom stereocenters. The van der Waals surface area contributed by atoms with Crippen molar-refractivity contribution in [1.82, 2.24) is 5.43 Å². The van der Waals surface area contributed by atoms with Gasteiger partial charge in [-0.15, -0.1) is 0 Å². The molecule has 0 aromatic heterocycles. The third-order valence-electron chi connectivity index (χ3n) is 11.9. The first kappa shape index (κ1) is 43.6. The third-order valence-corrected chi connectivity index (χ3v) is 11.9. The number of hydrogen-bond donors (Lipinski definition) is 9. The molecule has 12 heteroatoms. The van der Waals surface area contributed by atoms with Crippen LogP contribution in [-0.2, 0) is 0 Å². The van der Waals surface area contributed by atoms with Crippen LogP contribution in [0.5, 0.6) is 0 Å². The maximum atomic E-state index is 7.85. The van der Waals surface area contributed by atoms with Crippen molar-refractivity contribution in [3.05, 3.63) is 232 Å². The molecule has 0 amide bonds. The van der Waals surface area contributed by atoms with Gasteiger partial charge in [0.1, 0.15) is 17.5 Å². The second-order valence-electron chi connectivity index (χ2n) is 15.7. The van der Waals surface area contributed by atoms with Gasteiger partial charge < -0.3 is 40.2 Å². The van der Waals surface area contributed by atoms with E-state index in [2.05, 4.69) is 124 Å². The molecule has 0 saturated carbocycles. The van der Waals surface area contributed by atoms with Gasteiger partial charge in [0.25, 0.3) is 0 Å². The number of hydrazone groups is 3. The van der Waals surface area contributed by atoms with Crippen LogP contribution < -0.4 is 46.0 Å². The minimum atomic E-state index is 0.0343. The molecule has 0 bridgehead atoms. The average molecular weight is 867 g/mol. The Morgan fingerprint density at radius 1 is 0.379 bits per heavy atom. The molecular weight excluding hydrogens is 817 g/mol. The van der Waals surface area contributed by atoms with Crippen LogP contribution in [0.4, 0.5) is 0 Å². The average Bonchev–Trinajstić information content (AvgIpc) is 3.38. The molecule has 66 heavy (non-hydrogen) atoms. The third kappa shape index (κ3) is 9.35. The largest absolute Gasteiger partial charge is 0.384 e. The quantitative estimate of drug-likeness (QED) is 0.0191. The van der Waals surface area contributed by atoms with Gasteiger partial charge in [0, 0.05) is 16.7 Å². The van der Waals surface area contributed by atoms with E-state index in [1.54, 1.807) is 0 Å². The van der Waals surface area contributed by atoms with Crippen LogP contribution in [0.2, 0.25) is 0 Å². The molecule has 7 aromatic rings. The number of nitrogens with two attached hydrogens (primary N) is 7. The summed E-state index contributed by atoms with van der Waals surface area (Å²) in [6.45, 7) is 0. The van der Waals surface area contributed by atoms with Gasteiger partial charge in [-0.2, -0.15) is 15.3 Å². The van der Waals surface area contributed by atoms with Crippen molar-refractivity contribution in [3.8, 4) is 33.4 Å². The first-order valence-electron chi connectivity index (χ1n) is 21.2. The van der Waals surface area contributed by atoms with E-state index in [0.29, 0.717) is 17.2 Å². The second kappa shape index (κ2) is 19.6. The van der Waals surface area contributed by atoms with E-state index in [1.807, 2.05) is 78.9 Å². The van der Waals surface area contributed by atoms with E-state index in [9.17, 15) is 0 Å². The Kier molecular flexibility index (Phi) is 13.0. The molecule has 0 saturated heterocycles. The molecule has 16 N–H and O–H groups in total. The van der Waals surface area contributed by atoms with Crippen molar-refractivity contribution < 1.29 is 0 Å². The molecule has 1 aliphatic carbocycles. The standard InChI is InChI=1S/C54H50N12/c55-51(56)45-25-9-37(10-26-45)33-1-17-41(18-2-33)49(44-23-7-36(8-24-44)40-15-31-48(32-16-40)54(65-61)66-62)50(42-19-3-34(4-20-42)38-11-27-46(28-12-38)52(57)63-59)43-21-5-35(6-22-43)39-13-29-47(30-14-39)53(58)64-60/h1-13,15-29,31-32H,14,30,59-62H2,(H3,55,56)(H2,57,63)(H2,58,64)(H,65,66)/b50-49+. The summed E-state index contributed by atoms with van der Waals surface area (Å²) >= 11 is 0. The second-order valence-corrected chi connectivity index (χ2v) is 15.7. The van der Waals surface area contributed by atoms with Crippen molar-refractivity contribution >= 4 is 40.1 Å². The Morgan fingerprint density at radius 3 is 1.02 bits per heavy atom. The molecule has 0 spiro atoms. The van der Waals surface area contributed by atoms with Gasteiger partial charge in [-0.05, 0) is 96.3 Å². The molecule has 0 radical (unpaired) electrons. The summed E-state index contributed by atoms with van der Waals surface area (Å²) in [7, 11) is 0. The lowest BCUT2D eigenvalue weighted by molar-refractivity contribution is 1.00. The van der Waals surface area contributed by atoms with E-state index in [1.165, 1.54) is 5.57 Å². The highest BCUT2D eigenvalue weighted by molar-refractivity contribution is 6.06. The van der Waals surface area contributed by atoms with Crippen LogP contribution in [-0.4, -0.2) is 23.3 Å². The zero-order valence-corrected chi connectivity index (χ0v) is 36.1. The summed E-state index contributed by atoms with van der Waals surface area (Å²) in [6.07, 6.45) is 5.66. The van der Waals surface area contributed by atoms with E-state index in [0.717, 1.165) is 102 Å². The lowest BCUT2D eigenvalue weighted by Crippen LogP contribution is -2.31. The Balaban J connectivity index is 1.28. The first-order valence-corrected chi connectivity index (χ1v) is 21.2. The monoisotopic (exact) mass is 866 g/mol. The van der Waals surface area contributed by atoms with Crippen molar-refractivity contribution in [2.45, 2.75) is 12.8 Å². The summed E-state index contributed by atoms with van der Waals surface area (Å²) < 4.78 is 0. The van der Waals surface area contributed by atoms with Crippen LogP contribution in [0, 0.1) is 5.41 Å². The Hall–Kier alpha value is -9.00. The van der Waals surface area contributed by atoms with Crippen LogP contribution >= 0.6 is 0 Å². The van der Waals surface area contributed by atoms with Crippen LogP contribution in [0.1, 0.15) is 57.3 Å². The van der Waals surface area contributed by atoms with E-state index in [-0.39, 0.29) is 11.7 Å². The predicted octanol–water partition coefficient (Wildman–Crippen LogP) is 7.98. The number of hydrogen-bond acceptors (Lipinski definition) is 8. The molecule has 7 aromatic carbocycles. The zero-order chi connectivity index (χ0) is 46.2. The number of nitrogens with zero attached hydrogens (tertiary/aromatic N) is 3. The fraction of sp³-hybridized carbons (Fsp3) is 0.0370. The highest BCUT2D eigenvalue weighted by Gasteiger charge is 2.19. The molecule has 12 nitrogen and oxygen atoms in total. The van der Waals surface area contributed by atoms with E-state index < -0.39 is 0 Å². The summed E-state index contributed by atoms with van der Waals surface area (Å²) in [5.74, 6) is 23.1. The lowest BCUT2D eigenvalue weighted by atomic mass is 9.84. The fourth-order valence-electron chi connectivity index (χ4n) is 8.19. The Bertz CT molecular complexity index is 3050. The number of amidine groups is 4. The predicted molar refractivity (Wildman–Crippen MR) is 272 cm³/mol. The highest BCUT2D eigenvalue weighted by Crippen LogP contribution is 2.40. The maximum absolute atomic E-state index is 7.85. The van der Waals surface area contributed by atoms with Gasteiger partial charge >= 0.3 is 0 Å². The van der Waals surface area contributed by atoms with Gasteiger partial charge in [-0.3, -0.25) is 5.41 Å². The zero-order valence-electron chi connectivity index (χ0n) is 36.1. The van der Waals surface area contributed by atoms with Gasteiger partial charge in [-0.1, -0.05) is 182 Å². The number of allylic oxidation sites excluding steroid dienone is 3. The summed E-state index contributed by atoms with van der Waals surface area (Å²) in [5.41, 5.74) is 38.2. The number of rotatable bonds is 12. The SMILES string of the molecule is N=C(N)c1ccc(-c2ccc(/C(=C(\c3ccc(C4=CC=C(/C(N)=N/N)CC4)cc3)c3ccc(-c4ccc(/C(N)=N/N)cc4)cc3)c3ccc(-c4ccc(/C(=N/N)NN)cc4)cc3)cc2)cc1. The molecule has 8 rings (SSSR count). The molecule has 0 heterocycles. The normalized spacial score (nSPS) is 13.6. The first-order chi connectivity index (χ1) is 32.2. The van der Waals surface area contributed by atoms with Gasteiger partial charge in [0.05, 0.1) is 0 Å². The fourth-order valence-corrected chi connectivity index (χ4v) is 8.19. The molecule has 326 valence electrons. The van der Waals surface area contributed by atoms with E-state index in [4.69, 9.17) is 46.0 Å². The number of nitrogens with one attached hydrogen (secondary N) is 2. The molecular formula is C54H50N12. The summed E-state index contributed by atoms with van der Waals surface area (Å²) in [5, 5.41) is 18.9. The molecule has 1 aliphatic rings.